The average Bonchev–Trinajstić information content (AvgIpc) is 3.20. The number of hydrogen-bond donors (Lipinski definition) is 1. The number of carbonyl (C=O) groups is 1. The number of piperazine rings is 1. The number of amides is 1. The van der Waals surface area contributed by atoms with E-state index in [4.69, 9.17) is 16.0 Å². The van der Waals surface area contributed by atoms with Gasteiger partial charge in [-0.15, -0.1) is 0 Å². The summed E-state index contributed by atoms with van der Waals surface area (Å²) in [6.45, 7) is 3.64. The van der Waals surface area contributed by atoms with Crippen LogP contribution in [0, 0.1) is 0 Å². The Labute approximate surface area is 198 Å². The zero-order valence-corrected chi connectivity index (χ0v) is 19.3. The maximum atomic E-state index is 13.2. The van der Waals surface area contributed by atoms with Crippen molar-refractivity contribution >= 4 is 34.2 Å². The molecule has 3 aromatic carbocycles. The lowest BCUT2D eigenvalue weighted by atomic mass is 9.99. The summed E-state index contributed by atoms with van der Waals surface area (Å²) >= 11 is 6.70. The molecule has 1 N–H and O–H groups in total. The highest BCUT2D eigenvalue weighted by Crippen LogP contribution is 2.42. The lowest BCUT2D eigenvalue weighted by Gasteiger charge is -2.37. The molecular formula is C27H26ClN3O2. The molecule has 1 aliphatic rings. The predicted molar refractivity (Wildman–Crippen MR) is 133 cm³/mol. The topological polar surface area (TPSA) is 48.7 Å². The Morgan fingerprint density at radius 2 is 1.58 bits per heavy atom. The van der Waals surface area contributed by atoms with Gasteiger partial charge in [0.25, 0.3) is 5.91 Å². The molecule has 5 nitrogen and oxygen atoms in total. The second kappa shape index (κ2) is 9.40. The second-order valence-corrected chi connectivity index (χ2v) is 8.83. The van der Waals surface area contributed by atoms with Crippen molar-refractivity contribution in [2.24, 2.45) is 0 Å². The van der Waals surface area contributed by atoms with Crippen molar-refractivity contribution in [1.29, 1.82) is 0 Å². The first-order valence-corrected chi connectivity index (χ1v) is 11.5. The molecular weight excluding hydrogens is 434 g/mol. The molecule has 1 aliphatic heterocycles. The Morgan fingerprint density at radius 1 is 0.909 bits per heavy atom. The number of para-hydroxylation sites is 1. The van der Waals surface area contributed by atoms with Gasteiger partial charge in [0.15, 0.2) is 5.76 Å². The Balaban J connectivity index is 1.64. The number of nitrogens with one attached hydrogen (secondary N) is 1. The number of halogens is 1. The minimum Gasteiger partial charge on any atom is -0.457 e. The van der Waals surface area contributed by atoms with Crippen LogP contribution in [-0.4, -0.2) is 48.9 Å². The van der Waals surface area contributed by atoms with Gasteiger partial charge in [-0.3, -0.25) is 9.69 Å². The molecule has 1 saturated heterocycles. The fraction of sp³-hybridized carbons (Fsp3) is 0.222. The van der Waals surface area contributed by atoms with Gasteiger partial charge in [-0.2, -0.15) is 0 Å². The Hall–Kier alpha value is -3.12. The standard InChI is InChI=1S/C27H26ClN3O2/c1-30-15-17-31(18-16-30)25(20-11-5-7-13-22(20)28)26-24(21-12-6-8-14-23(21)33-26)29-27(32)19-9-3-2-4-10-19/h2-14,25H,15-18H2,1H3,(H,29,32)/t25-/m0/s1. The molecule has 0 bridgehead atoms. The number of rotatable bonds is 5. The van der Waals surface area contributed by atoms with E-state index in [9.17, 15) is 4.79 Å². The molecule has 4 aromatic rings. The second-order valence-electron chi connectivity index (χ2n) is 8.42. The van der Waals surface area contributed by atoms with E-state index in [1.54, 1.807) is 0 Å². The number of benzene rings is 3. The summed E-state index contributed by atoms with van der Waals surface area (Å²) < 4.78 is 6.46. The summed E-state index contributed by atoms with van der Waals surface area (Å²) in [7, 11) is 2.13. The van der Waals surface area contributed by atoms with Crippen molar-refractivity contribution in [3.8, 4) is 0 Å². The summed E-state index contributed by atoms with van der Waals surface area (Å²) in [4.78, 5) is 17.9. The van der Waals surface area contributed by atoms with Crippen molar-refractivity contribution < 1.29 is 9.21 Å². The van der Waals surface area contributed by atoms with Crippen molar-refractivity contribution in [2.45, 2.75) is 6.04 Å². The number of fused-ring (bicyclic) bond motifs is 1. The molecule has 5 rings (SSSR count). The van der Waals surface area contributed by atoms with E-state index >= 15 is 0 Å². The number of furan rings is 1. The van der Waals surface area contributed by atoms with E-state index in [1.165, 1.54) is 0 Å². The van der Waals surface area contributed by atoms with E-state index < -0.39 is 0 Å². The summed E-state index contributed by atoms with van der Waals surface area (Å²) in [6, 6.07) is 24.7. The van der Waals surface area contributed by atoms with Crippen LogP contribution in [0.25, 0.3) is 11.0 Å². The van der Waals surface area contributed by atoms with Crippen LogP contribution in [0.4, 0.5) is 5.69 Å². The Bertz CT molecular complexity index is 1260. The SMILES string of the molecule is CN1CCN([C@@H](c2ccccc2Cl)c2oc3ccccc3c2NC(=O)c2ccccc2)CC1. The van der Waals surface area contributed by atoms with Crippen molar-refractivity contribution in [1.82, 2.24) is 9.80 Å². The molecule has 2 heterocycles. The van der Waals surface area contributed by atoms with Crippen LogP contribution >= 0.6 is 11.6 Å². The minimum atomic E-state index is -0.217. The van der Waals surface area contributed by atoms with Gasteiger partial charge in [-0.1, -0.05) is 60.1 Å². The Kier molecular flexibility index (Phi) is 6.18. The normalized spacial score (nSPS) is 16.1. The van der Waals surface area contributed by atoms with Crippen molar-refractivity contribution in [3.05, 3.63) is 101 Å². The fourth-order valence-electron chi connectivity index (χ4n) is 4.44. The molecule has 33 heavy (non-hydrogen) atoms. The predicted octanol–water partition coefficient (Wildman–Crippen LogP) is 5.68. The molecule has 0 radical (unpaired) electrons. The quantitative estimate of drug-likeness (QED) is 0.417. The molecule has 1 aromatic heterocycles. The van der Waals surface area contributed by atoms with Crippen LogP contribution in [0.2, 0.25) is 5.02 Å². The third-order valence-electron chi connectivity index (χ3n) is 6.25. The van der Waals surface area contributed by atoms with Gasteiger partial charge < -0.3 is 14.6 Å². The molecule has 6 heteroatoms. The largest absolute Gasteiger partial charge is 0.457 e. The van der Waals surface area contributed by atoms with Gasteiger partial charge in [-0.25, -0.2) is 0 Å². The van der Waals surface area contributed by atoms with Gasteiger partial charge >= 0.3 is 0 Å². The Morgan fingerprint density at radius 3 is 2.33 bits per heavy atom. The first-order valence-electron chi connectivity index (χ1n) is 11.2. The molecule has 1 fully saturated rings. The third kappa shape index (κ3) is 4.40. The van der Waals surface area contributed by atoms with E-state index in [-0.39, 0.29) is 11.9 Å². The first-order chi connectivity index (χ1) is 16.1. The van der Waals surface area contributed by atoms with Crippen LogP contribution in [0.5, 0.6) is 0 Å². The number of hydrogen-bond acceptors (Lipinski definition) is 4. The highest BCUT2D eigenvalue weighted by molar-refractivity contribution is 6.31. The summed E-state index contributed by atoms with van der Waals surface area (Å²) in [5.41, 5.74) is 3.01. The zero-order valence-electron chi connectivity index (χ0n) is 18.5. The van der Waals surface area contributed by atoms with Crippen LogP contribution in [0.1, 0.15) is 27.7 Å². The minimum absolute atomic E-state index is 0.167. The summed E-state index contributed by atoms with van der Waals surface area (Å²) in [5.74, 6) is 0.540. The van der Waals surface area contributed by atoms with Crippen LogP contribution in [-0.2, 0) is 0 Å². The van der Waals surface area contributed by atoms with Gasteiger partial charge in [0.05, 0.1) is 11.7 Å². The van der Waals surface area contributed by atoms with Crippen LogP contribution in [0.15, 0.2) is 83.3 Å². The number of nitrogens with zero attached hydrogens (tertiary/aromatic N) is 2. The maximum Gasteiger partial charge on any atom is 0.255 e. The van der Waals surface area contributed by atoms with Crippen molar-refractivity contribution in [3.63, 3.8) is 0 Å². The molecule has 0 spiro atoms. The number of anilines is 1. The van der Waals surface area contributed by atoms with Gasteiger partial charge in [0, 0.05) is 42.2 Å². The third-order valence-corrected chi connectivity index (χ3v) is 6.59. The van der Waals surface area contributed by atoms with E-state index in [0.29, 0.717) is 22.0 Å². The number of carbonyl (C=O) groups excluding carboxylic acids is 1. The molecule has 0 saturated carbocycles. The smallest absolute Gasteiger partial charge is 0.255 e. The van der Waals surface area contributed by atoms with E-state index in [0.717, 1.165) is 42.7 Å². The molecule has 0 aliphatic carbocycles. The molecule has 1 atom stereocenters. The summed E-state index contributed by atoms with van der Waals surface area (Å²) in [6.07, 6.45) is 0. The molecule has 1 amide bonds. The van der Waals surface area contributed by atoms with Crippen molar-refractivity contribution in [2.75, 3.05) is 38.5 Å². The fourth-order valence-corrected chi connectivity index (χ4v) is 4.68. The average molecular weight is 460 g/mol. The highest BCUT2D eigenvalue weighted by Gasteiger charge is 2.33. The van der Waals surface area contributed by atoms with Crippen LogP contribution < -0.4 is 5.32 Å². The van der Waals surface area contributed by atoms with E-state index in [1.807, 2.05) is 78.9 Å². The monoisotopic (exact) mass is 459 g/mol. The van der Waals surface area contributed by atoms with Gasteiger partial charge in [0.1, 0.15) is 5.58 Å². The lowest BCUT2D eigenvalue weighted by molar-refractivity contribution is 0.102. The van der Waals surface area contributed by atoms with Gasteiger partial charge in [0.2, 0.25) is 0 Å². The van der Waals surface area contributed by atoms with Gasteiger partial charge in [-0.05, 0) is 42.9 Å². The molecule has 0 unspecified atom stereocenters. The van der Waals surface area contributed by atoms with E-state index in [2.05, 4.69) is 22.2 Å². The maximum absolute atomic E-state index is 13.2. The first kappa shape index (κ1) is 21.7. The summed E-state index contributed by atoms with van der Waals surface area (Å²) in [5, 5.41) is 4.71. The number of likely N-dealkylation sites (N-methyl/N-ethyl adjacent to an activating group) is 1. The zero-order chi connectivity index (χ0) is 22.8. The highest BCUT2D eigenvalue weighted by atomic mass is 35.5. The molecule has 168 valence electrons. The van der Waals surface area contributed by atoms with Crippen LogP contribution in [0.3, 0.4) is 0 Å². The lowest BCUT2D eigenvalue weighted by Crippen LogP contribution is -2.46.